The Kier molecular flexibility index (Phi) is 6.35. The molecule has 0 unspecified atom stereocenters. The molecule has 24 heavy (non-hydrogen) atoms. The molecule has 0 bridgehead atoms. The zero-order valence-electron chi connectivity index (χ0n) is 13.2. The minimum Gasteiger partial charge on any atom is -0.490 e. The van der Waals surface area contributed by atoms with E-state index in [4.69, 9.17) is 15.9 Å². The van der Waals surface area contributed by atoms with Crippen LogP contribution in [0.5, 0.6) is 11.5 Å². The standard InChI is InChI=1S/C18H17N3O3/c1-3-11-24-16-6-5-14(12-17(16)23-4-2)13-20-21-18(22)15-7-9-19-10-8-15/h1,5-10,12-13H,4,11H2,2H3,(H,21,22)/b20-13-. The fraction of sp³-hybridized carbons (Fsp3) is 0.167. The van der Waals surface area contributed by atoms with Gasteiger partial charge in [-0.1, -0.05) is 5.92 Å². The van der Waals surface area contributed by atoms with Crippen molar-refractivity contribution in [2.24, 2.45) is 5.10 Å². The molecule has 6 nitrogen and oxygen atoms in total. The summed E-state index contributed by atoms with van der Waals surface area (Å²) >= 11 is 0. The zero-order chi connectivity index (χ0) is 17.2. The number of hydrogen-bond acceptors (Lipinski definition) is 5. The van der Waals surface area contributed by atoms with Gasteiger partial charge in [0.1, 0.15) is 6.61 Å². The normalized spacial score (nSPS) is 10.2. The predicted octanol–water partition coefficient (Wildman–Crippen LogP) is 2.26. The van der Waals surface area contributed by atoms with E-state index in [0.29, 0.717) is 23.7 Å². The highest BCUT2D eigenvalue weighted by Crippen LogP contribution is 2.27. The van der Waals surface area contributed by atoms with Gasteiger partial charge in [0.15, 0.2) is 11.5 Å². The topological polar surface area (TPSA) is 72.8 Å². The summed E-state index contributed by atoms with van der Waals surface area (Å²) in [6, 6.07) is 8.51. The number of aromatic nitrogens is 1. The van der Waals surface area contributed by atoms with Crippen molar-refractivity contribution >= 4 is 12.1 Å². The number of amides is 1. The largest absolute Gasteiger partial charge is 0.490 e. The van der Waals surface area contributed by atoms with Crippen molar-refractivity contribution in [3.63, 3.8) is 0 Å². The van der Waals surface area contributed by atoms with Crippen LogP contribution in [0.15, 0.2) is 47.8 Å². The molecule has 6 heteroatoms. The highest BCUT2D eigenvalue weighted by molar-refractivity contribution is 5.94. The molecule has 0 aliphatic rings. The molecule has 0 spiro atoms. The molecule has 0 saturated carbocycles. The van der Waals surface area contributed by atoms with Crippen molar-refractivity contribution in [3.8, 4) is 23.8 Å². The average molecular weight is 323 g/mol. The first-order valence-corrected chi connectivity index (χ1v) is 7.31. The summed E-state index contributed by atoms with van der Waals surface area (Å²) in [7, 11) is 0. The number of hydrazone groups is 1. The molecule has 0 radical (unpaired) electrons. The van der Waals surface area contributed by atoms with Gasteiger partial charge in [-0.05, 0) is 42.8 Å². The molecule has 0 saturated heterocycles. The van der Waals surface area contributed by atoms with Crippen molar-refractivity contribution in [3.05, 3.63) is 53.9 Å². The lowest BCUT2D eigenvalue weighted by Gasteiger charge is -2.10. The number of nitrogens with zero attached hydrogens (tertiary/aromatic N) is 2. The van der Waals surface area contributed by atoms with Gasteiger partial charge in [-0.15, -0.1) is 6.42 Å². The van der Waals surface area contributed by atoms with Crippen molar-refractivity contribution in [1.29, 1.82) is 0 Å². The van der Waals surface area contributed by atoms with Gasteiger partial charge in [-0.2, -0.15) is 5.10 Å². The van der Waals surface area contributed by atoms with E-state index >= 15 is 0 Å². The van der Waals surface area contributed by atoms with Crippen LogP contribution in [0, 0.1) is 12.3 Å². The number of benzene rings is 1. The third-order valence-corrected chi connectivity index (χ3v) is 2.90. The van der Waals surface area contributed by atoms with Crippen LogP contribution < -0.4 is 14.9 Å². The Hall–Kier alpha value is -3.33. The molecule has 2 rings (SSSR count). The molecule has 0 fully saturated rings. The number of carbonyl (C=O) groups excluding carboxylic acids is 1. The number of rotatable bonds is 7. The molecule has 1 heterocycles. The van der Waals surface area contributed by atoms with Crippen molar-refractivity contribution < 1.29 is 14.3 Å². The van der Waals surface area contributed by atoms with Gasteiger partial charge in [0.2, 0.25) is 0 Å². The molecule has 0 atom stereocenters. The summed E-state index contributed by atoms with van der Waals surface area (Å²) in [6.45, 7) is 2.53. The number of terminal acetylenes is 1. The number of hydrogen-bond donors (Lipinski definition) is 1. The molecule has 0 aliphatic heterocycles. The van der Waals surface area contributed by atoms with Gasteiger partial charge in [0.05, 0.1) is 12.8 Å². The minimum absolute atomic E-state index is 0.162. The maximum Gasteiger partial charge on any atom is 0.271 e. The van der Waals surface area contributed by atoms with E-state index in [2.05, 4.69) is 21.4 Å². The molecular formula is C18H17N3O3. The minimum atomic E-state index is -0.312. The first-order valence-electron chi connectivity index (χ1n) is 7.31. The smallest absolute Gasteiger partial charge is 0.271 e. The Morgan fingerprint density at radius 2 is 2.08 bits per heavy atom. The molecule has 1 aromatic carbocycles. The summed E-state index contributed by atoms with van der Waals surface area (Å²) in [5.74, 6) is 3.22. The van der Waals surface area contributed by atoms with Crippen LogP contribution in [0.4, 0.5) is 0 Å². The number of carbonyl (C=O) groups is 1. The Labute approximate surface area is 140 Å². The van der Waals surface area contributed by atoms with Crippen LogP contribution in [-0.4, -0.2) is 30.3 Å². The molecule has 1 N–H and O–H groups in total. The first-order chi connectivity index (χ1) is 11.7. The Morgan fingerprint density at radius 3 is 2.79 bits per heavy atom. The van der Waals surface area contributed by atoms with Crippen LogP contribution in [0.2, 0.25) is 0 Å². The van der Waals surface area contributed by atoms with Crippen molar-refractivity contribution in [2.75, 3.05) is 13.2 Å². The summed E-state index contributed by atoms with van der Waals surface area (Å²) in [5, 5.41) is 3.94. The highest BCUT2D eigenvalue weighted by Gasteiger charge is 2.06. The van der Waals surface area contributed by atoms with E-state index in [9.17, 15) is 4.79 Å². The average Bonchev–Trinajstić information content (AvgIpc) is 2.62. The molecule has 0 aliphatic carbocycles. The van der Waals surface area contributed by atoms with E-state index in [0.717, 1.165) is 5.56 Å². The van der Waals surface area contributed by atoms with E-state index in [-0.39, 0.29) is 12.5 Å². The van der Waals surface area contributed by atoms with E-state index in [1.165, 1.54) is 6.21 Å². The fourth-order valence-electron chi connectivity index (χ4n) is 1.85. The van der Waals surface area contributed by atoms with Crippen LogP contribution in [0.1, 0.15) is 22.8 Å². The number of ether oxygens (including phenoxy) is 2. The number of pyridine rings is 1. The summed E-state index contributed by atoms with van der Waals surface area (Å²) in [5.41, 5.74) is 3.69. The molecule has 122 valence electrons. The Morgan fingerprint density at radius 1 is 1.29 bits per heavy atom. The van der Waals surface area contributed by atoms with Crippen LogP contribution in [0.25, 0.3) is 0 Å². The lowest BCUT2D eigenvalue weighted by Crippen LogP contribution is -2.17. The van der Waals surface area contributed by atoms with Gasteiger partial charge in [-0.3, -0.25) is 9.78 Å². The quantitative estimate of drug-likeness (QED) is 0.482. The van der Waals surface area contributed by atoms with Crippen LogP contribution in [-0.2, 0) is 0 Å². The second-order valence-electron chi connectivity index (χ2n) is 4.57. The molecule has 1 aromatic heterocycles. The van der Waals surface area contributed by atoms with Crippen LogP contribution >= 0.6 is 0 Å². The SMILES string of the molecule is C#CCOc1ccc(/C=N\NC(=O)c2ccncc2)cc1OCC. The maximum absolute atomic E-state index is 11.9. The lowest BCUT2D eigenvalue weighted by molar-refractivity contribution is 0.0955. The summed E-state index contributed by atoms with van der Waals surface area (Å²) in [6.07, 6.45) is 9.80. The van der Waals surface area contributed by atoms with Gasteiger partial charge in [0, 0.05) is 18.0 Å². The second-order valence-corrected chi connectivity index (χ2v) is 4.57. The third kappa shape index (κ3) is 4.85. The van der Waals surface area contributed by atoms with Crippen molar-refractivity contribution in [1.82, 2.24) is 10.4 Å². The van der Waals surface area contributed by atoms with Gasteiger partial charge >= 0.3 is 0 Å². The Bertz CT molecular complexity index is 752. The maximum atomic E-state index is 11.9. The van der Waals surface area contributed by atoms with E-state index < -0.39 is 0 Å². The van der Waals surface area contributed by atoms with Gasteiger partial charge in [-0.25, -0.2) is 5.43 Å². The summed E-state index contributed by atoms with van der Waals surface area (Å²) in [4.78, 5) is 15.7. The Balaban J connectivity index is 2.05. The predicted molar refractivity (Wildman–Crippen MR) is 91.2 cm³/mol. The van der Waals surface area contributed by atoms with E-state index in [1.807, 2.05) is 6.92 Å². The monoisotopic (exact) mass is 323 g/mol. The second kappa shape index (κ2) is 8.96. The third-order valence-electron chi connectivity index (χ3n) is 2.90. The van der Waals surface area contributed by atoms with E-state index in [1.54, 1.807) is 42.7 Å². The number of nitrogens with one attached hydrogen (secondary N) is 1. The fourth-order valence-corrected chi connectivity index (χ4v) is 1.85. The van der Waals surface area contributed by atoms with Crippen molar-refractivity contribution in [2.45, 2.75) is 6.92 Å². The lowest BCUT2D eigenvalue weighted by atomic mass is 10.2. The summed E-state index contributed by atoms with van der Waals surface area (Å²) < 4.78 is 10.9. The first kappa shape index (κ1) is 17.0. The molecule has 1 amide bonds. The van der Waals surface area contributed by atoms with Gasteiger partial charge < -0.3 is 9.47 Å². The molecule has 2 aromatic rings. The highest BCUT2D eigenvalue weighted by atomic mass is 16.5. The van der Waals surface area contributed by atoms with Gasteiger partial charge in [0.25, 0.3) is 5.91 Å². The zero-order valence-corrected chi connectivity index (χ0v) is 13.2. The molecular weight excluding hydrogens is 306 g/mol. The van der Waals surface area contributed by atoms with Crippen LogP contribution in [0.3, 0.4) is 0 Å².